The van der Waals surface area contributed by atoms with E-state index in [1.165, 1.54) is 23.4 Å². The lowest BCUT2D eigenvalue weighted by Crippen LogP contribution is -2.31. The van der Waals surface area contributed by atoms with Crippen molar-refractivity contribution in [2.45, 2.75) is 37.3 Å². The summed E-state index contributed by atoms with van der Waals surface area (Å²) in [5, 5.41) is 3.92. The van der Waals surface area contributed by atoms with Crippen molar-refractivity contribution in [3.05, 3.63) is 41.3 Å². The molecule has 2 heterocycles. The fourth-order valence-corrected chi connectivity index (χ4v) is 4.70. The Morgan fingerprint density at radius 2 is 2.19 bits per heavy atom. The summed E-state index contributed by atoms with van der Waals surface area (Å²) in [6.07, 6.45) is 1.27. The van der Waals surface area contributed by atoms with Gasteiger partial charge in [-0.2, -0.15) is 9.29 Å². The molecule has 0 spiro atoms. The smallest absolute Gasteiger partial charge is 0.252 e. The molecule has 1 aliphatic rings. The molecule has 3 rings (SSSR count). The van der Waals surface area contributed by atoms with E-state index >= 15 is 0 Å². The van der Waals surface area contributed by atoms with Crippen LogP contribution in [0.3, 0.4) is 0 Å². The highest BCUT2D eigenvalue weighted by molar-refractivity contribution is 7.89. The van der Waals surface area contributed by atoms with Crippen LogP contribution in [0.15, 0.2) is 27.6 Å². The highest BCUT2D eigenvalue weighted by Crippen LogP contribution is 2.35. The minimum atomic E-state index is -3.79. The zero-order valence-corrected chi connectivity index (χ0v) is 16.0. The van der Waals surface area contributed by atoms with E-state index in [0.29, 0.717) is 38.4 Å². The van der Waals surface area contributed by atoms with E-state index in [9.17, 15) is 12.8 Å². The third kappa shape index (κ3) is 4.34. The van der Waals surface area contributed by atoms with E-state index < -0.39 is 21.9 Å². The van der Waals surface area contributed by atoms with Crippen LogP contribution in [0.1, 0.15) is 36.2 Å². The Hall–Kier alpha value is -1.88. The number of aromatic nitrogens is 2. The van der Waals surface area contributed by atoms with Crippen LogP contribution in [0.5, 0.6) is 0 Å². The molecule has 1 aromatic heterocycles. The second-order valence-electron chi connectivity index (χ2n) is 6.28. The highest BCUT2D eigenvalue weighted by atomic mass is 32.2. The lowest BCUT2D eigenvalue weighted by molar-refractivity contribution is 0.0494. The third-order valence-corrected chi connectivity index (χ3v) is 6.28. The Labute approximate surface area is 157 Å². The van der Waals surface area contributed by atoms with E-state index in [1.54, 1.807) is 7.11 Å². The number of ether oxygens (including phenoxy) is 2. The summed E-state index contributed by atoms with van der Waals surface area (Å²) in [4.78, 5) is 4.32. The van der Waals surface area contributed by atoms with E-state index in [1.807, 2.05) is 0 Å². The van der Waals surface area contributed by atoms with Gasteiger partial charge in [-0.3, -0.25) is 0 Å². The Bertz CT molecular complexity index is 886. The van der Waals surface area contributed by atoms with Crippen molar-refractivity contribution in [2.75, 3.05) is 26.9 Å². The number of rotatable bonds is 8. The van der Waals surface area contributed by atoms with Gasteiger partial charge in [0.2, 0.25) is 10.0 Å². The van der Waals surface area contributed by atoms with Gasteiger partial charge in [0.1, 0.15) is 12.4 Å². The number of aryl methyl sites for hydroxylation is 1. The van der Waals surface area contributed by atoms with Gasteiger partial charge >= 0.3 is 0 Å². The number of sulfonamides is 1. The highest BCUT2D eigenvalue weighted by Gasteiger charge is 2.39. The van der Waals surface area contributed by atoms with Gasteiger partial charge in [0, 0.05) is 13.7 Å². The van der Waals surface area contributed by atoms with Crippen LogP contribution < -0.4 is 0 Å². The molecule has 0 aliphatic carbocycles. The maximum Gasteiger partial charge on any atom is 0.252 e. The molecule has 0 unspecified atom stereocenters. The summed E-state index contributed by atoms with van der Waals surface area (Å²) >= 11 is 0. The Morgan fingerprint density at radius 3 is 2.93 bits per heavy atom. The molecule has 1 aromatic carbocycles. The molecule has 1 fully saturated rings. The van der Waals surface area contributed by atoms with Crippen molar-refractivity contribution in [1.82, 2.24) is 14.4 Å². The van der Waals surface area contributed by atoms with Gasteiger partial charge in [0.05, 0.1) is 24.2 Å². The first kappa shape index (κ1) is 19.9. The van der Waals surface area contributed by atoms with Crippen LogP contribution in [0, 0.1) is 12.7 Å². The van der Waals surface area contributed by atoms with Gasteiger partial charge in [-0.1, -0.05) is 5.16 Å². The van der Waals surface area contributed by atoms with Crippen LogP contribution >= 0.6 is 0 Å². The van der Waals surface area contributed by atoms with Gasteiger partial charge in [-0.25, -0.2) is 12.8 Å². The van der Waals surface area contributed by atoms with Crippen molar-refractivity contribution in [1.29, 1.82) is 0 Å². The second-order valence-corrected chi connectivity index (χ2v) is 8.17. The van der Waals surface area contributed by atoms with Gasteiger partial charge in [0.25, 0.3) is 5.89 Å². The molecule has 27 heavy (non-hydrogen) atoms. The lowest BCUT2D eigenvalue weighted by Gasteiger charge is -2.22. The molecule has 0 N–H and O–H groups in total. The zero-order chi connectivity index (χ0) is 19.4. The summed E-state index contributed by atoms with van der Waals surface area (Å²) in [5.74, 6) is 0.145. The van der Waals surface area contributed by atoms with Crippen molar-refractivity contribution < 1.29 is 26.8 Å². The molecule has 0 radical (unpaired) electrons. The zero-order valence-electron chi connectivity index (χ0n) is 15.2. The van der Waals surface area contributed by atoms with Gasteiger partial charge in [-0.15, -0.1) is 0 Å². The number of hydrogen-bond acceptors (Lipinski definition) is 7. The van der Waals surface area contributed by atoms with Crippen LogP contribution in [0.2, 0.25) is 0 Å². The topological polar surface area (TPSA) is 94.8 Å². The molecule has 148 valence electrons. The van der Waals surface area contributed by atoms with E-state index in [0.717, 1.165) is 6.07 Å². The van der Waals surface area contributed by atoms with Gasteiger partial charge in [0.15, 0.2) is 5.82 Å². The summed E-state index contributed by atoms with van der Waals surface area (Å²) in [7, 11) is -2.22. The molecule has 8 nitrogen and oxygen atoms in total. The largest absolute Gasteiger partial charge is 0.382 e. The molecule has 1 atom stereocenters. The first-order valence-corrected chi connectivity index (χ1v) is 10.0. The van der Waals surface area contributed by atoms with E-state index in [2.05, 4.69) is 10.1 Å². The van der Waals surface area contributed by atoms with Crippen molar-refractivity contribution >= 4 is 10.0 Å². The Balaban J connectivity index is 1.77. The number of halogens is 1. The van der Waals surface area contributed by atoms with Crippen molar-refractivity contribution in [3.8, 4) is 0 Å². The molecule has 0 saturated carbocycles. The number of methoxy groups -OCH3 is 1. The maximum atomic E-state index is 13.5. The average molecular weight is 399 g/mol. The fraction of sp³-hybridized carbons (Fsp3) is 0.529. The molecule has 10 heteroatoms. The second kappa shape index (κ2) is 8.42. The lowest BCUT2D eigenvalue weighted by atomic mass is 10.2. The number of hydrogen-bond donors (Lipinski definition) is 0. The molecular formula is C17H22FN3O5S. The Morgan fingerprint density at radius 1 is 1.37 bits per heavy atom. The molecule has 2 aromatic rings. The van der Waals surface area contributed by atoms with E-state index in [4.69, 9.17) is 14.0 Å². The average Bonchev–Trinajstić information content (AvgIpc) is 3.30. The number of benzene rings is 1. The molecule has 0 amide bonds. The van der Waals surface area contributed by atoms with Crippen molar-refractivity contribution in [2.24, 2.45) is 0 Å². The number of nitrogens with zero attached hydrogens (tertiary/aromatic N) is 3. The molecule has 1 aliphatic heterocycles. The predicted molar refractivity (Wildman–Crippen MR) is 92.8 cm³/mol. The first-order chi connectivity index (χ1) is 12.9. The maximum absolute atomic E-state index is 13.5. The SMILES string of the molecule is COCCOCc1nc([C@@H]2CCCN2S(=O)(=O)c2ccc(F)c(C)c2)no1. The molecule has 1 saturated heterocycles. The Kier molecular flexibility index (Phi) is 6.20. The van der Waals surface area contributed by atoms with Crippen LogP contribution in [-0.2, 0) is 26.1 Å². The quantitative estimate of drug-likeness (QED) is 0.628. The van der Waals surface area contributed by atoms with Crippen LogP contribution in [0.25, 0.3) is 0 Å². The minimum Gasteiger partial charge on any atom is -0.382 e. The third-order valence-electron chi connectivity index (χ3n) is 4.38. The summed E-state index contributed by atoms with van der Waals surface area (Å²) in [5.41, 5.74) is 0.280. The monoisotopic (exact) mass is 399 g/mol. The van der Waals surface area contributed by atoms with Crippen LogP contribution in [-0.4, -0.2) is 49.7 Å². The summed E-state index contributed by atoms with van der Waals surface area (Å²) in [6.45, 7) is 2.85. The van der Waals surface area contributed by atoms with Crippen LogP contribution in [0.4, 0.5) is 4.39 Å². The predicted octanol–water partition coefficient (Wildman–Crippen LogP) is 2.21. The summed E-state index contributed by atoms with van der Waals surface area (Å²) < 4.78 is 56.3. The summed E-state index contributed by atoms with van der Waals surface area (Å²) in [6, 6.07) is 3.26. The fourth-order valence-electron chi connectivity index (χ4n) is 2.96. The first-order valence-electron chi connectivity index (χ1n) is 8.60. The van der Waals surface area contributed by atoms with Gasteiger partial charge in [-0.05, 0) is 43.5 Å². The standard InChI is InChI=1S/C17H22FN3O5S/c1-12-10-13(5-6-14(12)18)27(22,23)21-7-3-4-15(21)17-19-16(26-20-17)11-25-9-8-24-2/h5-6,10,15H,3-4,7-9,11H2,1-2H3/t15-/m0/s1. The van der Waals surface area contributed by atoms with Crippen molar-refractivity contribution in [3.63, 3.8) is 0 Å². The minimum absolute atomic E-state index is 0.0555. The molecular weight excluding hydrogens is 377 g/mol. The van der Waals surface area contributed by atoms with Gasteiger partial charge < -0.3 is 14.0 Å². The van der Waals surface area contributed by atoms with E-state index in [-0.39, 0.29) is 23.0 Å². The molecule has 0 bridgehead atoms. The normalized spacial score (nSPS) is 18.3.